The maximum Gasteiger partial charge on any atom is 0.258 e. The molecule has 2 aromatic carbocycles. The molecule has 21 heavy (non-hydrogen) atoms. The fourth-order valence-corrected chi connectivity index (χ4v) is 2.21. The second-order valence-corrected chi connectivity index (χ2v) is 5.68. The third-order valence-electron chi connectivity index (χ3n) is 2.83. The van der Waals surface area contributed by atoms with E-state index >= 15 is 0 Å². The predicted octanol–water partition coefficient (Wildman–Crippen LogP) is 3.76. The van der Waals surface area contributed by atoms with Gasteiger partial charge in [-0.3, -0.25) is 4.79 Å². The van der Waals surface area contributed by atoms with Crippen LogP contribution < -0.4 is 10.1 Å². The quantitative estimate of drug-likeness (QED) is 0.823. The van der Waals surface area contributed by atoms with E-state index in [0.717, 1.165) is 10.5 Å². The van der Waals surface area contributed by atoms with Crippen LogP contribution in [0.3, 0.4) is 0 Å². The molecule has 110 valence electrons. The molecule has 0 fully saturated rings. The highest BCUT2D eigenvalue weighted by Gasteiger charge is 2.03. The van der Waals surface area contributed by atoms with E-state index in [4.69, 9.17) is 16.3 Å². The SMILES string of the molecule is CSc1ccc(OCC(=O)NCc2ccc(Cl)cc2)cc1. The van der Waals surface area contributed by atoms with E-state index in [1.54, 1.807) is 23.9 Å². The number of nitrogens with one attached hydrogen (secondary N) is 1. The van der Waals surface area contributed by atoms with Crippen molar-refractivity contribution in [3.63, 3.8) is 0 Å². The van der Waals surface area contributed by atoms with Crippen molar-refractivity contribution in [1.29, 1.82) is 0 Å². The molecule has 0 aliphatic heterocycles. The predicted molar refractivity (Wildman–Crippen MR) is 87.0 cm³/mol. The largest absolute Gasteiger partial charge is 0.484 e. The van der Waals surface area contributed by atoms with Gasteiger partial charge in [0.1, 0.15) is 5.75 Å². The first kappa shape index (κ1) is 15.7. The van der Waals surface area contributed by atoms with Crippen LogP contribution in [0, 0.1) is 0 Å². The van der Waals surface area contributed by atoms with Crippen LogP contribution >= 0.6 is 23.4 Å². The maximum absolute atomic E-state index is 11.7. The molecule has 1 N–H and O–H groups in total. The number of thioether (sulfide) groups is 1. The van der Waals surface area contributed by atoms with E-state index in [2.05, 4.69) is 5.32 Å². The molecule has 0 unspecified atom stereocenters. The van der Waals surface area contributed by atoms with Gasteiger partial charge in [-0.15, -0.1) is 11.8 Å². The van der Waals surface area contributed by atoms with Crippen molar-refractivity contribution in [2.45, 2.75) is 11.4 Å². The molecular formula is C16H16ClNO2S. The topological polar surface area (TPSA) is 38.3 Å². The van der Waals surface area contributed by atoms with Crippen molar-refractivity contribution in [3.05, 3.63) is 59.1 Å². The van der Waals surface area contributed by atoms with E-state index in [1.165, 1.54) is 0 Å². The first-order valence-electron chi connectivity index (χ1n) is 6.45. The van der Waals surface area contributed by atoms with E-state index in [-0.39, 0.29) is 12.5 Å². The Morgan fingerprint density at radius 1 is 1.14 bits per heavy atom. The van der Waals surface area contributed by atoms with Crippen molar-refractivity contribution in [3.8, 4) is 5.75 Å². The lowest BCUT2D eigenvalue weighted by molar-refractivity contribution is -0.123. The zero-order valence-corrected chi connectivity index (χ0v) is 13.2. The van der Waals surface area contributed by atoms with Gasteiger partial charge >= 0.3 is 0 Å². The number of ether oxygens (including phenoxy) is 1. The molecule has 0 saturated heterocycles. The Kier molecular flexibility index (Phi) is 5.96. The van der Waals surface area contributed by atoms with Crippen LogP contribution in [0.5, 0.6) is 5.75 Å². The molecule has 0 radical (unpaired) electrons. The minimum absolute atomic E-state index is 0.00616. The highest BCUT2D eigenvalue weighted by Crippen LogP contribution is 2.18. The van der Waals surface area contributed by atoms with E-state index < -0.39 is 0 Å². The van der Waals surface area contributed by atoms with Crippen molar-refractivity contribution in [2.75, 3.05) is 12.9 Å². The van der Waals surface area contributed by atoms with E-state index in [9.17, 15) is 4.79 Å². The molecule has 0 aromatic heterocycles. The number of halogens is 1. The highest BCUT2D eigenvalue weighted by molar-refractivity contribution is 7.98. The minimum atomic E-state index is -0.154. The monoisotopic (exact) mass is 321 g/mol. The average molecular weight is 322 g/mol. The van der Waals surface area contributed by atoms with Crippen LogP contribution in [-0.4, -0.2) is 18.8 Å². The van der Waals surface area contributed by atoms with Crippen LogP contribution in [0.15, 0.2) is 53.4 Å². The molecular weight excluding hydrogens is 306 g/mol. The molecule has 3 nitrogen and oxygen atoms in total. The Hall–Kier alpha value is -1.65. The van der Waals surface area contributed by atoms with Gasteiger partial charge in [0.25, 0.3) is 5.91 Å². The van der Waals surface area contributed by atoms with Crippen molar-refractivity contribution in [1.82, 2.24) is 5.32 Å². The highest BCUT2D eigenvalue weighted by atomic mass is 35.5. The van der Waals surface area contributed by atoms with Gasteiger partial charge in [0.15, 0.2) is 6.61 Å². The summed E-state index contributed by atoms with van der Waals surface area (Å²) < 4.78 is 5.43. The van der Waals surface area contributed by atoms with E-state index in [0.29, 0.717) is 17.3 Å². The maximum atomic E-state index is 11.7. The summed E-state index contributed by atoms with van der Waals surface area (Å²) in [5, 5.41) is 3.48. The summed E-state index contributed by atoms with van der Waals surface area (Å²) in [6, 6.07) is 15.0. The number of carbonyl (C=O) groups excluding carboxylic acids is 1. The fraction of sp³-hybridized carbons (Fsp3) is 0.188. The second-order valence-electron chi connectivity index (χ2n) is 4.37. The lowest BCUT2D eigenvalue weighted by atomic mass is 10.2. The smallest absolute Gasteiger partial charge is 0.258 e. The van der Waals surface area contributed by atoms with Gasteiger partial charge in [-0.1, -0.05) is 23.7 Å². The standard InChI is InChI=1S/C16H16ClNO2S/c1-21-15-8-6-14(7-9-15)20-11-16(19)18-10-12-2-4-13(17)5-3-12/h2-9H,10-11H2,1H3,(H,18,19). The number of rotatable bonds is 6. The van der Waals surface area contributed by atoms with Crippen LogP contribution in [0.4, 0.5) is 0 Å². The Bertz CT molecular complexity index is 584. The Labute approximate surface area is 133 Å². The zero-order chi connectivity index (χ0) is 15.1. The molecule has 2 rings (SSSR count). The molecule has 1 amide bonds. The van der Waals surface area contributed by atoms with Gasteiger partial charge in [0, 0.05) is 16.5 Å². The third-order valence-corrected chi connectivity index (χ3v) is 3.83. The molecule has 0 aliphatic rings. The fourth-order valence-electron chi connectivity index (χ4n) is 1.67. The van der Waals surface area contributed by atoms with Crippen LogP contribution in [0.25, 0.3) is 0 Å². The Morgan fingerprint density at radius 2 is 1.81 bits per heavy atom. The van der Waals surface area contributed by atoms with Crippen LogP contribution in [0.1, 0.15) is 5.56 Å². The van der Waals surface area contributed by atoms with Crippen molar-refractivity contribution in [2.24, 2.45) is 0 Å². The Morgan fingerprint density at radius 3 is 2.43 bits per heavy atom. The second kappa shape index (κ2) is 7.96. The van der Waals surface area contributed by atoms with Gasteiger partial charge in [-0.25, -0.2) is 0 Å². The van der Waals surface area contributed by atoms with Gasteiger partial charge in [0.05, 0.1) is 0 Å². The molecule has 0 aliphatic carbocycles. The normalized spacial score (nSPS) is 10.2. The molecule has 0 heterocycles. The summed E-state index contributed by atoms with van der Waals surface area (Å²) in [5.74, 6) is 0.535. The van der Waals surface area contributed by atoms with Gasteiger partial charge < -0.3 is 10.1 Å². The summed E-state index contributed by atoms with van der Waals surface area (Å²) in [7, 11) is 0. The number of hydrogen-bond acceptors (Lipinski definition) is 3. The number of amides is 1. The molecule has 5 heteroatoms. The molecule has 2 aromatic rings. The average Bonchev–Trinajstić information content (AvgIpc) is 2.53. The summed E-state index contributed by atoms with van der Waals surface area (Å²) >= 11 is 7.47. The van der Waals surface area contributed by atoms with Gasteiger partial charge in [-0.2, -0.15) is 0 Å². The molecule has 0 saturated carbocycles. The zero-order valence-electron chi connectivity index (χ0n) is 11.6. The number of benzene rings is 2. The first-order valence-corrected chi connectivity index (χ1v) is 8.05. The summed E-state index contributed by atoms with van der Waals surface area (Å²) in [6.07, 6.45) is 2.01. The van der Waals surface area contributed by atoms with Crippen molar-refractivity contribution >= 4 is 29.3 Å². The van der Waals surface area contributed by atoms with Gasteiger partial charge in [0.2, 0.25) is 0 Å². The summed E-state index contributed by atoms with van der Waals surface area (Å²) in [4.78, 5) is 12.9. The third kappa shape index (κ3) is 5.33. The van der Waals surface area contributed by atoms with Crippen molar-refractivity contribution < 1.29 is 9.53 Å². The van der Waals surface area contributed by atoms with Gasteiger partial charge in [-0.05, 0) is 48.2 Å². The summed E-state index contributed by atoms with van der Waals surface area (Å²) in [6.45, 7) is 0.469. The molecule has 0 atom stereocenters. The van der Waals surface area contributed by atoms with E-state index in [1.807, 2.05) is 42.7 Å². The molecule has 0 bridgehead atoms. The Balaban J connectivity index is 1.75. The summed E-state index contributed by atoms with van der Waals surface area (Å²) in [5.41, 5.74) is 0.997. The van der Waals surface area contributed by atoms with Crippen LogP contribution in [-0.2, 0) is 11.3 Å². The number of carbonyl (C=O) groups is 1. The minimum Gasteiger partial charge on any atom is -0.484 e. The lowest BCUT2D eigenvalue weighted by Gasteiger charge is -2.08. The molecule has 0 spiro atoms. The lowest BCUT2D eigenvalue weighted by Crippen LogP contribution is -2.28. The number of hydrogen-bond donors (Lipinski definition) is 1. The first-order chi connectivity index (χ1) is 10.2. The van der Waals surface area contributed by atoms with Crippen LogP contribution in [0.2, 0.25) is 5.02 Å².